The lowest BCUT2D eigenvalue weighted by Crippen LogP contribution is -2.06. The zero-order chi connectivity index (χ0) is 18.1. The van der Waals surface area contributed by atoms with Crippen LogP contribution in [0.15, 0.2) is 60.4 Å². The van der Waals surface area contributed by atoms with Crippen molar-refractivity contribution in [1.82, 2.24) is 4.57 Å². The summed E-state index contributed by atoms with van der Waals surface area (Å²) in [6.07, 6.45) is 8.44. The first kappa shape index (κ1) is 19.7. The quantitative estimate of drug-likeness (QED) is 0.651. The average Bonchev–Trinajstić information content (AvgIpc) is 3.23. The molecule has 2 aromatic rings. The van der Waals surface area contributed by atoms with Gasteiger partial charge in [-0.1, -0.05) is 57.5 Å². The number of likely N-dealkylation sites (N-methyl/N-ethyl adjacent to an activating group) is 1. The summed E-state index contributed by atoms with van der Waals surface area (Å²) in [7, 11) is 4.18. The second-order valence-corrected chi connectivity index (χ2v) is 5.25. The number of hydrogen-bond donors (Lipinski definition) is 0. The van der Waals surface area contributed by atoms with E-state index in [2.05, 4.69) is 91.1 Å². The van der Waals surface area contributed by atoms with Crippen LogP contribution in [0.1, 0.15) is 44.5 Å². The first-order valence-corrected chi connectivity index (χ1v) is 8.84. The van der Waals surface area contributed by atoms with Crippen LogP contribution >= 0.6 is 0 Å². The minimum Gasteiger partial charge on any atom is -0.350 e. The Kier molecular flexibility index (Phi) is 7.97. The zero-order valence-electron chi connectivity index (χ0n) is 16.2. The number of hydrogen-bond acceptors (Lipinski definition) is 0. The van der Waals surface area contributed by atoms with E-state index >= 15 is 0 Å². The van der Waals surface area contributed by atoms with Crippen LogP contribution in [0.3, 0.4) is 0 Å². The standard InChI is InChI=1S/C18H19N2.2C2H6/c1-14-8-10-15(11-9-14)18(16-6-4-12-19(16)2)17-7-5-13-20(17)3;2*1-2/h4-13H,1-3H3;2*1-2H3/q+1;;. The van der Waals surface area contributed by atoms with Crippen LogP contribution in [0.25, 0.3) is 5.57 Å². The molecule has 0 unspecified atom stereocenters. The molecule has 1 aliphatic rings. The monoisotopic (exact) mass is 323 g/mol. The van der Waals surface area contributed by atoms with Gasteiger partial charge in [-0.15, -0.1) is 0 Å². The van der Waals surface area contributed by atoms with E-state index in [1.807, 2.05) is 27.7 Å². The van der Waals surface area contributed by atoms with Crippen LogP contribution in [0.4, 0.5) is 0 Å². The molecule has 1 aromatic heterocycles. The predicted molar refractivity (Wildman–Crippen MR) is 107 cm³/mol. The molecule has 0 fully saturated rings. The second kappa shape index (κ2) is 9.71. The topological polar surface area (TPSA) is 7.94 Å². The van der Waals surface area contributed by atoms with Gasteiger partial charge in [-0.2, -0.15) is 0 Å². The van der Waals surface area contributed by atoms with Crippen molar-refractivity contribution in [2.75, 3.05) is 7.05 Å². The van der Waals surface area contributed by atoms with Gasteiger partial charge in [-0.3, -0.25) is 0 Å². The molecule has 0 aliphatic carbocycles. The normalized spacial score (nSPS) is 14.2. The minimum absolute atomic E-state index is 1.23. The van der Waals surface area contributed by atoms with Gasteiger partial charge in [-0.05, 0) is 24.6 Å². The fourth-order valence-electron chi connectivity index (χ4n) is 2.59. The average molecular weight is 324 g/mol. The molecule has 1 aromatic carbocycles. The van der Waals surface area contributed by atoms with Gasteiger partial charge < -0.3 is 4.57 Å². The molecule has 24 heavy (non-hydrogen) atoms. The van der Waals surface area contributed by atoms with E-state index in [1.165, 1.54) is 28.1 Å². The van der Waals surface area contributed by atoms with Crippen molar-refractivity contribution in [3.8, 4) is 0 Å². The number of aryl methyl sites for hydroxylation is 2. The molecule has 2 nitrogen and oxygen atoms in total. The highest BCUT2D eigenvalue weighted by Gasteiger charge is 2.21. The summed E-state index contributed by atoms with van der Waals surface area (Å²) in [5.41, 5.74) is 6.27. The van der Waals surface area contributed by atoms with Crippen molar-refractivity contribution < 1.29 is 4.58 Å². The number of allylic oxidation sites excluding steroid dienone is 2. The highest BCUT2D eigenvalue weighted by atomic mass is 15.0. The molecule has 0 atom stereocenters. The first-order valence-electron chi connectivity index (χ1n) is 8.84. The molecule has 0 saturated carbocycles. The third kappa shape index (κ3) is 4.35. The Bertz CT molecular complexity index is 726. The Morgan fingerprint density at radius 2 is 1.58 bits per heavy atom. The maximum Gasteiger partial charge on any atom is 0.215 e. The SMILES string of the molecule is CC.CC.Cc1ccc(/C(=C2\C=CC=[N+]2C)c2cccn2C)cc1. The zero-order valence-corrected chi connectivity index (χ0v) is 16.2. The smallest absolute Gasteiger partial charge is 0.215 e. The lowest BCUT2D eigenvalue weighted by Gasteiger charge is -2.10. The van der Waals surface area contributed by atoms with Gasteiger partial charge >= 0.3 is 0 Å². The summed E-state index contributed by atoms with van der Waals surface area (Å²) in [5, 5.41) is 0. The van der Waals surface area contributed by atoms with E-state index in [1.54, 1.807) is 0 Å². The van der Waals surface area contributed by atoms with Gasteiger partial charge in [0.1, 0.15) is 7.05 Å². The van der Waals surface area contributed by atoms with E-state index < -0.39 is 0 Å². The number of nitrogens with zero attached hydrogens (tertiary/aromatic N) is 2. The summed E-state index contributed by atoms with van der Waals surface area (Å²) in [5.74, 6) is 0. The van der Waals surface area contributed by atoms with Gasteiger partial charge in [0.25, 0.3) is 0 Å². The molecule has 3 rings (SSSR count). The molecule has 0 amide bonds. The van der Waals surface area contributed by atoms with Gasteiger partial charge in [-0.25, -0.2) is 4.58 Å². The van der Waals surface area contributed by atoms with Gasteiger partial charge in [0.05, 0.1) is 11.3 Å². The minimum atomic E-state index is 1.23. The molecule has 128 valence electrons. The molecule has 0 spiro atoms. The molecule has 1 aliphatic heterocycles. The van der Waals surface area contributed by atoms with Crippen molar-refractivity contribution in [1.29, 1.82) is 0 Å². The van der Waals surface area contributed by atoms with E-state index in [0.717, 1.165) is 0 Å². The fourth-order valence-corrected chi connectivity index (χ4v) is 2.59. The summed E-state index contributed by atoms with van der Waals surface area (Å²) < 4.78 is 4.34. The van der Waals surface area contributed by atoms with Crippen molar-refractivity contribution in [3.63, 3.8) is 0 Å². The molecule has 2 heteroatoms. The van der Waals surface area contributed by atoms with Crippen LogP contribution in [-0.2, 0) is 7.05 Å². The third-order valence-corrected chi connectivity index (χ3v) is 3.74. The maximum absolute atomic E-state index is 2.20. The summed E-state index contributed by atoms with van der Waals surface area (Å²) in [4.78, 5) is 0. The number of rotatable bonds is 2. The van der Waals surface area contributed by atoms with E-state index in [4.69, 9.17) is 0 Å². The van der Waals surface area contributed by atoms with Crippen molar-refractivity contribution >= 4 is 11.8 Å². The maximum atomic E-state index is 2.20. The predicted octanol–water partition coefficient (Wildman–Crippen LogP) is 5.43. The van der Waals surface area contributed by atoms with Crippen LogP contribution < -0.4 is 0 Å². The second-order valence-electron chi connectivity index (χ2n) is 5.25. The van der Waals surface area contributed by atoms with Gasteiger partial charge in [0.2, 0.25) is 5.70 Å². The van der Waals surface area contributed by atoms with Gasteiger partial charge in [0, 0.05) is 25.4 Å². The molecule has 0 saturated heterocycles. The first-order chi connectivity index (χ1) is 11.7. The molecular formula is C22H31N2+. The van der Waals surface area contributed by atoms with Crippen molar-refractivity contribution in [3.05, 3.63) is 77.3 Å². The highest BCUT2D eigenvalue weighted by Crippen LogP contribution is 2.29. The molecular weight excluding hydrogens is 292 g/mol. The molecule has 0 N–H and O–H groups in total. The molecule has 0 radical (unpaired) electrons. The largest absolute Gasteiger partial charge is 0.350 e. The molecule has 0 bridgehead atoms. The Labute approximate surface area is 147 Å². The van der Waals surface area contributed by atoms with E-state index in [-0.39, 0.29) is 0 Å². The van der Waals surface area contributed by atoms with Crippen LogP contribution in [0.2, 0.25) is 0 Å². The molecule has 2 heterocycles. The summed E-state index contributed by atoms with van der Waals surface area (Å²) in [6, 6.07) is 13.0. The van der Waals surface area contributed by atoms with Crippen LogP contribution in [-0.4, -0.2) is 22.4 Å². The van der Waals surface area contributed by atoms with Crippen LogP contribution in [0.5, 0.6) is 0 Å². The summed E-state index contributed by atoms with van der Waals surface area (Å²) >= 11 is 0. The fraction of sp³-hybridized carbons (Fsp3) is 0.318. The van der Waals surface area contributed by atoms with E-state index in [0.29, 0.717) is 0 Å². The Morgan fingerprint density at radius 3 is 2.04 bits per heavy atom. The number of benzene rings is 1. The third-order valence-electron chi connectivity index (χ3n) is 3.74. The Morgan fingerprint density at radius 1 is 0.958 bits per heavy atom. The van der Waals surface area contributed by atoms with Gasteiger partial charge in [0.15, 0.2) is 6.21 Å². The van der Waals surface area contributed by atoms with Crippen LogP contribution in [0, 0.1) is 6.92 Å². The van der Waals surface area contributed by atoms with Crippen molar-refractivity contribution in [2.24, 2.45) is 7.05 Å². The number of aromatic nitrogens is 1. The lowest BCUT2D eigenvalue weighted by atomic mass is 9.99. The highest BCUT2D eigenvalue weighted by molar-refractivity contribution is 5.84. The van der Waals surface area contributed by atoms with E-state index in [9.17, 15) is 0 Å². The summed E-state index contributed by atoms with van der Waals surface area (Å²) in [6.45, 7) is 10.1. The Hall–Kier alpha value is -2.35. The lowest BCUT2D eigenvalue weighted by molar-refractivity contribution is -0.428. The van der Waals surface area contributed by atoms with Crippen molar-refractivity contribution in [2.45, 2.75) is 34.6 Å². The Balaban J connectivity index is 0.000000671.